The van der Waals surface area contributed by atoms with Crippen LogP contribution in [0.3, 0.4) is 0 Å². The molecule has 90 valence electrons. The van der Waals surface area contributed by atoms with E-state index in [0.717, 1.165) is 0 Å². The minimum atomic E-state index is 0.161. The number of aliphatic hydroxyl groups is 1. The molecule has 2 N–H and O–H groups in total. The quantitative estimate of drug-likeness (QED) is 0.812. The van der Waals surface area contributed by atoms with Crippen LogP contribution >= 0.6 is 22.6 Å². The van der Waals surface area contributed by atoms with Crippen LogP contribution in [0.15, 0.2) is 24.3 Å². The average Bonchev–Trinajstić information content (AvgIpc) is 2.26. The minimum Gasteiger partial charge on any atom is -0.395 e. The molecular weight excluding hydrogens is 313 g/mol. The Balaban J connectivity index is 2.64. The standard InChI is InChI=1S/C13H20INO/c1-9(2)13(8-16)15-10(3)11-4-6-12(14)7-5-11/h4-7,9-10,13,15-16H,8H2,1-3H3. The van der Waals surface area contributed by atoms with Gasteiger partial charge in [0.25, 0.3) is 0 Å². The van der Waals surface area contributed by atoms with Crippen LogP contribution < -0.4 is 5.32 Å². The minimum absolute atomic E-state index is 0.161. The van der Waals surface area contributed by atoms with Gasteiger partial charge in [-0.3, -0.25) is 0 Å². The highest BCUT2D eigenvalue weighted by Crippen LogP contribution is 2.16. The fourth-order valence-corrected chi connectivity index (χ4v) is 1.98. The summed E-state index contributed by atoms with van der Waals surface area (Å²) >= 11 is 2.30. The zero-order valence-electron chi connectivity index (χ0n) is 10.1. The number of benzene rings is 1. The molecule has 0 aliphatic rings. The topological polar surface area (TPSA) is 32.3 Å². The molecule has 0 aliphatic heterocycles. The second kappa shape index (κ2) is 6.57. The smallest absolute Gasteiger partial charge is 0.0587 e. The highest BCUT2D eigenvalue weighted by molar-refractivity contribution is 14.1. The molecule has 0 saturated heterocycles. The van der Waals surface area contributed by atoms with Gasteiger partial charge in [-0.1, -0.05) is 26.0 Å². The van der Waals surface area contributed by atoms with Gasteiger partial charge in [0.2, 0.25) is 0 Å². The number of hydrogen-bond acceptors (Lipinski definition) is 2. The molecule has 0 aromatic heterocycles. The maximum atomic E-state index is 9.27. The van der Waals surface area contributed by atoms with Crippen molar-refractivity contribution in [2.24, 2.45) is 5.92 Å². The number of halogens is 1. The Morgan fingerprint density at radius 3 is 2.19 bits per heavy atom. The monoisotopic (exact) mass is 333 g/mol. The summed E-state index contributed by atoms with van der Waals surface area (Å²) in [6.45, 7) is 6.56. The van der Waals surface area contributed by atoms with E-state index >= 15 is 0 Å². The van der Waals surface area contributed by atoms with Crippen LogP contribution in [0.4, 0.5) is 0 Å². The first-order valence-corrected chi connectivity index (χ1v) is 6.74. The summed E-state index contributed by atoms with van der Waals surface area (Å²) in [5.74, 6) is 0.441. The van der Waals surface area contributed by atoms with Gasteiger partial charge in [0.15, 0.2) is 0 Å². The zero-order valence-corrected chi connectivity index (χ0v) is 12.2. The third-order valence-electron chi connectivity index (χ3n) is 2.84. The lowest BCUT2D eigenvalue weighted by Crippen LogP contribution is -2.38. The van der Waals surface area contributed by atoms with E-state index in [0.29, 0.717) is 5.92 Å². The van der Waals surface area contributed by atoms with Gasteiger partial charge in [0.05, 0.1) is 6.61 Å². The number of hydrogen-bond donors (Lipinski definition) is 2. The molecule has 1 rings (SSSR count). The van der Waals surface area contributed by atoms with Crippen molar-refractivity contribution in [2.75, 3.05) is 6.61 Å². The zero-order chi connectivity index (χ0) is 12.1. The van der Waals surface area contributed by atoms with Crippen LogP contribution in [-0.4, -0.2) is 17.8 Å². The summed E-state index contributed by atoms with van der Waals surface area (Å²) < 4.78 is 1.25. The van der Waals surface area contributed by atoms with Gasteiger partial charge < -0.3 is 10.4 Å². The van der Waals surface area contributed by atoms with Crippen LogP contribution in [-0.2, 0) is 0 Å². The second-order valence-electron chi connectivity index (χ2n) is 4.47. The van der Waals surface area contributed by atoms with E-state index in [4.69, 9.17) is 0 Å². The van der Waals surface area contributed by atoms with Crippen molar-refractivity contribution in [3.05, 3.63) is 33.4 Å². The molecule has 1 aromatic carbocycles. The molecule has 2 unspecified atom stereocenters. The van der Waals surface area contributed by atoms with Gasteiger partial charge in [0, 0.05) is 15.7 Å². The van der Waals surface area contributed by atoms with Crippen molar-refractivity contribution >= 4 is 22.6 Å². The van der Waals surface area contributed by atoms with Gasteiger partial charge in [-0.15, -0.1) is 0 Å². The molecule has 1 aromatic rings. The molecule has 16 heavy (non-hydrogen) atoms. The molecule has 0 heterocycles. The van der Waals surface area contributed by atoms with Gasteiger partial charge in [-0.25, -0.2) is 0 Å². The SMILES string of the molecule is CC(NC(CO)C(C)C)c1ccc(I)cc1. The number of nitrogens with one attached hydrogen (secondary N) is 1. The molecule has 3 heteroatoms. The molecule has 0 fully saturated rings. The summed E-state index contributed by atoms with van der Waals surface area (Å²) in [4.78, 5) is 0. The summed E-state index contributed by atoms with van der Waals surface area (Å²) in [7, 11) is 0. The van der Waals surface area contributed by atoms with Gasteiger partial charge in [0.1, 0.15) is 0 Å². The lowest BCUT2D eigenvalue weighted by Gasteiger charge is -2.25. The maximum Gasteiger partial charge on any atom is 0.0587 e. The highest BCUT2D eigenvalue weighted by Gasteiger charge is 2.15. The van der Waals surface area contributed by atoms with E-state index < -0.39 is 0 Å². The maximum absolute atomic E-state index is 9.27. The Morgan fingerprint density at radius 2 is 1.75 bits per heavy atom. The molecule has 0 aliphatic carbocycles. The van der Waals surface area contributed by atoms with E-state index in [1.807, 2.05) is 0 Å². The fraction of sp³-hybridized carbons (Fsp3) is 0.538. The first kappa shape index (κ1) is 13.9. The van der Waals surface area contributed by atoms with Gasteiger partial charge >= 0.3 is 0 Å². The molecular formula is C13H20INO. The predicted molar refractivity (Wildman–Crippen MR) is 76.4 cm³/mol. The first-order valence-electron chi connectivity index (χ1n) is 5.67. The highest BCUT2D eigenvalue weighted by atomic mass is 127. The van der Waals surface area contributed by atoms with Crippen LogP contribution in [0.1, 0.15) is 32.4 Å². The molecule has 0 amide bonds. The Hall–Kier alpha value is -0.130. The van der Waals surface area contributed by atoms with Crippen molar-refractivity contribution in [2.45, 2.75) is 32.9 Å². The van der Waals surface area contributed by atoms with Gasteiger partial charge in [-0.05, 0) is 53.1 Å². The van der Waals surface area contributed by atoms with Crippen molar-refractivity contribution in [3.8, 4) is 0 Å². The predicted octanol–water partition coefficient (Wildman–Crippen LogP) is 2.96. The van der Waals surface area contributed by atoms with Crippen molar-refractivity contribution in [3.63, 3.8) is 0 Å². The van der Waals surface area contributed by atoms with Crippen LogP contribution in [0.25, 0.3) is 0 Å². The molecule has 0 saturated carbocycles. The lowest BCUT2D eigenvalue weighted by atomic mass is 10.0. The summed E-state index contributed by atoms with van der Waals surface area (Å²) in [6, 6.07) is 8.92. The van der Waals surface area contributed by atoms with Crippen LogP contribution in [0.2, 0.25) is 0 Å². The summed E-state index contributed by atoms with van der Waals surface area (Å²) in [5.41, 5.74) is 1.26. The molecule has 2 nitrogen and oxygen atoms in total. The number of aliphatic hydroxyl groups excluding tert-OH is 1. The molecule has 0 spiro atoms. The van der Waals surface area contributed by atoms with Gasteiger partial charge in [-0.2, -0.15) is 0 Å². The normalized spacial score (nSPS) is 15.1. The molecule has 0 radical (unpaired) electrons. The second-order valence-corrected chi connectivity index (χ2v) is 5.72. The van der Waals surface area contributed by atoms with E-state index in [9.17, 15) is 5.11 Å². The molecule has 2 atom stereocenters. The summed E-state index contributed by atoms with van der Waals surface area (Å²) in [5, 5.41) is 12.7. The Kier molecular flexibility index (Phi) is 5.72. The Morgan fingerprint density at radius 1 is 1.19 bits per heavy atom. The van der Waals surface area contributed by atoms with Crippen LogP contribution in [0, 0.1) is 9.49 Å². The van der Waals surface area contributed by atoms with Crippen LogP contribution in [0.5, 0.6) is 0 Å². The lowest BCUT2D eigenvalue weighted by molar-refractivity contribution is 0.201. The first-order chi connectivity index (χ1) is 7.54. The van der Waals surface area contributed by atoms with Crippen molar-refractivity contribution in [1.82, 2.24) is 5.32 Å². The third kappa shape index (κ3) is 4.03. The average molecular weight is 333 g/mol. The Labute approximate surface area is 112 Å². The number of rotatable bonds is 5. The Bertz CT molecular complexity index is 310. The van der Waals surface area contributed by atoms with E-state index in [2.05, 4.69) is 72.9 Å². The van der Waals surface area contributed by atoms with E-state index in [1.54, 1.807) is 0 Å². The largest absolute Gasteiger partial charge is 0.395 e. The third-order valence-corrected chi connectivity index (χ3v) is 3.55. The fourth-order valence-electron chi connectivity index (χ4n) is 1.62. The molecule has 0 bridgehead atoms. The van der Waals surface area contributed by atoms with Crippen molar-refractivity contribution < 1.29 is 5.11 Å². The van der Waals surface area contributed by atoms with Crippen molar-refractivity contribution in [1.29, 1.82) is 0 Å². The van der Waals surface area contributed by atoms with E-state index in [1.165, 1.54) is 9.13 Å². The van der Waals surface area contributed by atoms with E-state index in [-0.39, 0.29) is 18.7 Å². The summed E-state index contributed by atoms with van der Waals surface area (Å²) in [6.07, 6.45) is 0.